The molecule has 19 heavy (non-hydrogen) atoms. The summed E-state index contributed by atoms with van der Waals surface area (Å²) in [7, 11) is 0. The van der Waals surface area contributed by atoms with Crippen molar-refractivity contribution in [3.63, 3.8) is 0 Å². The van der Waals surface area contributed by atoms with Gasteiger partial charge in [0.1, 0.15) is 5.84 Å². The van der Waals surface area contributed by atoms with Crippen molar-refractivity contribution in [3.8, 4) is 0 Å². The second-order valence-electron chi connectivity index (χ2n) is 4.86. The minimum absolute atomic E-state index is 0.216. The van der Waals surface area contributed by atoms with E-state index in [4.69, 9.17) is 5.41 Å². The number of nitrogens with zero attached hydrogens (tertiary/aromatic N) is 1. The van der Waals surface area contributed by atoms with Crippen LogP contribution in [0.25, 0.3) is 0 Å². The third kappa shape index (κ3) is 2.19. The van der Waals surface area contributed by atoms with Gasteiger partial charge in [-0.2, -0.15) is 0 Å². The third-order valence-corrected chi connectivity index (χ3v) is 4.25. The quantitative estimate of drug-likeness (QED) is 0.876. The number of fused-ring (bicyclic) bond motifs is 1. The van der Waals surface area contributed by atoms with Gasteiger partial charge in [0.15, 0.2) is 0 Å². The van der Waals surface area contributed by atoms with Gasteiger partial charge in [-0.3, -0.25) is 5.41 Å². The van der Waals surface area contributed by atoms with Gasteiger partial charge in [0, 0.05) is 16.6 Å². The number of hydrogen-bond acceptors (Lipinski definition) is 1. The molecule has 0 saturated heterocycles. The normalized spacial score (nSPS) is 15.5. The van der Waals surface area contributed by atoms with Crippen LogP contribution < -0.4 is 0 Å². The predicted molar refractivity (Wildman–Crippen MR) is 81.4 cm³/mol. The lowest BCUT2D eigenvalue weighted by Gasteiger charge is -2.26. The number of halogens is 1. The highest BCUT2D eigenvalue weighted by Gasteiger charge is 2.27. The van der Waals surface area contributed by atoms with Gasteiger partial charge in [-0.15, -0.1) is 0 Å². The first kappa shape index (κ1) is 12.4. The Kier molecular flexibility index (Phi) is 3.15. The molecular formula is C16H15BrN2. The summed E-state index contributed by atoms with van der Waals surface area (Å²) in [5.74, 6) is 0.631. The SMILES string of the molecule is CC(c1ccc(Br)cc1)N1Cc2ccccc2C1=N. The van der Waals surface area contributed by atoms with E-state index in [0.29, 0.717) is 5.84 Å². The van der Waals surface area contributed by atoms with Gasteiger partial charge in [0.05, 0.1) is 6.04 Å². The minimum atomic E-state index is 0.216. The van der Waals surface area contributed by atoms with Crippen LogP contribution in [0.2, 0.25) is 0 Å². The molecule has 0 bridgehead atoms. The fraction of sp³-hybridized carbons (Fsp3) is 0.188. The van der Waals surface area contributed by atoms with Crippen LogP contribution in [0, 0.1) is 5.41 Å². The minimum Gasteiger partial charge on any atom is -0.345 e. The van der Waals surface area contributed by atoms with Crippen LogP contribution in [0.4, 0.5) is 0 Å². The van der Waals surface area contributed by atoms with E-state index in [-0.39, 0.29) is 6.04 Å². The lowest BCUT2D eigenvalue weighted by Crippen LogP contribution is -2.27. The molecular weight excluding hydrogens is 300 g/mol. The molecule has 0 aliphatic carbocycles. The molecule has 3 rings (SSSR count). The van der Waals surface area contributed by atoms with Gasteiger partial charge in [0.25, 0.3) is 0 Å². The smallest absolute Gasteiger partial charge is 0.129 e. The van der Waals surface area contributed by atoms with E-state index in [0.717, 1.165) is 16.6 Å². The summed E-state index contributed by atoms with van der Waals surface area (Å²) >= 11 is 3.46. The van der Waals surface area contributed by atoms with E-state index in [1.54, 1.807) is 0 Å². The van der Waals surface area contributed by atoms with E-state index in [1.807, 2.05) is 18.2 Å². The molecule has 1 aliphatic heterocycles. The van der Waals surface area contributed by atoms with E-state index in [9.17, 15) is 0 Å². The molecule has 1 unspecified atom stereocenters. The van der Waals surface area contributed by atoms with E-state index >= 15 is 0 Å². The molecule has 3 heteroatoms. The van der Waals surface area contributed by atoms with Gasteiger partial charge in [-0.05, 0) is 30.2 Å². The molecule has 0 aromatic heterocycles. The number of amidine groups is 1. The Morgan fingerprint density at radius 3 is 2.47 bits per heavy atom. The van der Waals surface area contributed by atoms with Crippen LogP contribution in [0.15, 0.2) is 53.0 Å². The number of nitrogens with one attached hydrogen (secondary N) is 1. The molecule has 1 atom stereocenters. The van der Waals surface area contributed by atoms with Crippen molar-refractivity contribution in [2.75, 3.05) is 0 Å². The summed E-state index contributed by atoms with van der Waals surface area (Å²) < 4.78 is 1.09. The summed E-state index contributed by atoms with van der Waals surface area (Å²) in [6.07, 6.45) is 0. The zero-order valence-corrected chi connectivity index (χ0v) is 12.3. The Bertz CT molecular complexity index is 619. The molecule has 2 aromatic rings. The van der Waals surface area contributed by atoms with Crippen LogP contribution in [-0.2, 0) is 6.54 Å². The molecule has 0 radical (unpaired) electrons. The highest BCUT2D eigenvalue weighted by Crippen LogP contribution is 2.31. The van der Waals surface area contributed by atoms with Crippen molar-refractivity contribution in [2.45, 2.75) is 19.5 Å². The van der Waals surface area contributed by atoms with Crippen LogP contribution in [-0.4, -0.2) is 10.7 Å². The van der Waals surface area contributed by atoms with Crippen LogP contribution >= 0.6 is 15.9 Å². The molecule has 1 heterocycles. The molecule has 2 aromatic carbocycles. The van der Waals surface area contributed by atoms with E-state index in [2.05, 4.69) is 58.1 Å². The Morgan fingerprint density at radius 2 is 1.79 bits per heavy atom. The fourth-order valence-corrected chi connectivity index (χ4v) is 2.82. The topological polar surface area (TPSA) is 27.1 Å². The summed E-state index contributed by atoms with van der Waals surface area (Å²) in [6, 6.07) is 16.7. The van der Waals surface area contributed by atoms with Crippen molar-refractivity contribution < 1.29 is 0 Å². The molecule has 2 nitrogen and oxygen atoms in total. The van der Waals surface area contributed by atoms with Gasteiger partial charge >= 0.3 is 0 Å². The zero-order chi connectivity index (χ0) is 13.4. The largest absolute Gasteiger partial charge is 0.345 e. The highest BCUT2D eigenvalue weighted by molar-refractivity contribution is 9.10. The van der Waals surface area contributed by atoms with E-state index < -0.39 is 0 Å². The number of rotatable bonds is 2. The maximum absolute atomic E-state index is 8.33. The molecule has 0 saturated carbocycles. The average molecular weight is 315 g/mol. The van der Waals surface area contributed by atoms with Crippen molar-refractivity contribution in [1.82, 2.24) is 4.90 Å². The molecule has 1 aliphatic rings. The van der Waals surface area contributed by atoms with Crippen LogP contribution in [0.5, 0.6) is 0 Å². The maximum Gasteiger partial charge on any atom is 0.129 e. The Balaban J connectivity index is 1.89. The van der Waals surface area contributed by atoms with E-state index in [1.165, 1.54) is 11.1 Å². The van der Waals surface area contributed by atoms with Gasteiger partial charge < -0.3 is 4.90 Å². The molecule has 0 amide bonds. The Hall–Kier alpha value is -1.61. The van der Waals surface area contributed by atoms with Gasteiger partial charge in [-0.25, -0.2) is 0 Å². The van der Waals surface area contributed by atoms with Crippen molar-refractivity contribution in [1.29, 1.82) is 5.41 Å². The summed E-state index contributed by atoms with van der Waals surface area (Å²) in [6.45, 7) is 2.98. The summed E-state index contributed by atoms with van der Waals surface area (Å²) in [5, 5.41) is 8.33. The van der Waals surface area contributed by atoms with Crippen molar-refractivity contribution >= 4 is 21.8 Å². The Labute approximate surface area is 121 Å². The van der Waals surface area contributed by atoms with Crippen molar-refractivity contribution in [2.24, 2.45) is 0 Å². The Morgan fingerprint density at radius 1 is 1.11 bits per heavy atom. The van der Waals surface area contributed by atoms with Crippen LogP contribution in [0.1, 0.15) is 29.7 Å². The van der Waals surface area contributed by atoms with Crippen molar-refractivity contribution in [3.05, 3.63) is 69.7 Å². The monoisotopic (exact) mass is 314 g/mol. The standard InChI is InChI=1S/C16H15BrN2/c1-11(12-6-8-14(17)9-7-12)19-10-13-4-2-3-5-15(13)16(19)18/h2-9,11,18H,10H2,1H3. The predicted octanol–water partition coefficient (Wildman–Crippen LogP) is 4.35. The second kappa shape index (κ2) is 4.82. The zero-order valence-electron chi connectivity index (χ0n) is 10.7. The lowest BCUT2D eigenvalue weighted by atomic mass is 10.1. The summed E-state index contributed by atoms with van der Waals surface area (Å²) in [4.78, 5) is 2.15. The second-order valence-corrected chi connectivity index (χ2v) is 5.78. The lowest BCUT2D eigenvalue weighted by molar-refractivity contribution is 0.341. The maximum atomic E-state index is 8.33. The molecule has 1 N–H and O–H groups in total. The third-order valence-electron chi connectivity index (χ3n) is 3.72. The fourth-order valence-electron chi connectivity index (χ4n) is 2.56. The van der Waals surface area contributed by atoms with Gasteiger partial charge in [-0.1, -0.05) is 52.3 Å². The first-order valence-corrected chi connectivity index (χ1v) is 7.15. The van der Waals surface area contributed by atoms with Crippen LogP contribution in [0.3, 0.4) is 0 Å². The molecule has 96 valence electrons. The average Bonchev–Trinajstić information content (AvgIpc) is 2.77. The summed E-state index contributed by atoms with van der Waals surface area (Å²) in [5.41, 5.74) is 3.55. The highest BCUT2D eigenvalue weighted by atomic mass is 79.9. The molecule has 0 fully saturated rings. The number of hydrogen-bond donors (Lipinski definition) is 1. The first-order valence-electron chi connectivity index (χ1n) is 6.36. The molecule has 0 spiro atoms. The number of benzene rings is 2. The first-order chi connectivity index (χ1) is 9.16. The van der Waals surface area contributed by atoms with Gasteiger partial charge in [0.2, 0.25) is 0 Å².